The molecule has 0 aromatic carbocycles. The molecule has 108 valence electrons. The van der Waals surface area contributed by atoms with E-state index in [9.17, 15) is 0 Å². The van der Waals surface area contributed by atoms with Gasteiger partial charge in [0.05, 0.1) is 12.7 Å². The number of hydrogen-bond acceptors (Lipinski definition) is 4. The van der Waals surface area contributed by atoms with Crippen molar-refractivity contribution >= 4 is 11.8 Å². The molecular weight excluding hydrogens is 268 g/mol. The van der Waals surface area contributed by atoms with E-state index in [0.717, 1.165) is 11.7 Å². The van der Waals surface area contributed by atoms with E-state index < -0.39 is 0 Å². The van der Waals surface area contributed by atoms with Crippen molar-refractivity contribution < 1.29 is 4.74 Å². The van der Waals surface area contributed by atoms with Gasteiger partial charge in [0.1, 0.15) is 0 Å². The fourth-order valence-electron chi connectivity index (χ4n) is 3.39. The zero-order valence-corrected chi connectivity index (χ0v) is 12.6. The summed E-state index contributed by atoms with van der Waals surface area (Å²) in [7, 11) is 0. The van der Waals surface area contributed by atoms with Crippen LogP contribution in [-0.4, -0.2) is 46.1 Å². The molecule has 1 aliphatic carbocycles. The number of hydrogen-bond donors (Lipinski definition) is 0. The van der Waals surface area contributed by atoms with Crippen LogP contribution in [0.4, 0.5) is 0 Å². The Balaban J connectivity index is 1.22. The zero-order valence-electron chi connectivity index (χ0n) is 11.8. The van der Waals surface area contributed by atoms with Gasteiger partial charge in [0.15, 0.2) is 0 Å². The van der Waals surface area contributed by atoms with Gasteiger partial charge >= 0.3 is 0 Å². The lowest BCUT2D eigenvalue weighted by molar-refractivity contribution is 0.0271. The summed E-state index contributed by atoms with van der Waals surface area (Å²) in [6.07, 6.45) is 8.31. The smallest absolute Gasteiger partial charge is 0.0736 e. The van der Waals surface area contributed by atoms with Crippen molar-refractivity contribution in [2.45, 2.75) is 36.7 Å². The quantitative estimate of drug-likeness (QED) is 0.832. The van der Waals surface area contributed by atoms with E-state index in [0.29, 0.717) is 17.5 Å². The van der Waals surface area contributed by atoms with Gasteiger partial charge in [-0.05, 0) is 36.8 Å². The standard InChI is InChI=1S/C16H22N2OS/c1-2-14(7-17-5-1)9-19-15-6-16(20-10-15)11-18(12-16)8-13-3-4-13/h1-2,5,7,13,15H,3-4,6,8-12H2. The molecule has 0 N–H and O–H groups in total. The zero-order chi connectivity index (χ0) is 13.4. The first kappa shape index (κ1) is 13.1. The maximum absolute atomic E-state index is 6.07. The van der Waals surface area contributed by atoms with Crippen LogP contribution in [0.15, 0.2) is 24.5 Å². The van der Waals surface area contributed by atoms with Gasteiger partial charge in [-0.15, -0.1) is 11.8 Å². The summed E-state index contributed by atoms with van der Waals surface area (Å²) in [5.41, 5.74) is 1.18. The molecule has 1 unspecified atom stereocenters. The number of pyridine rings is 1. The van der Waals surface area contributed by atoms with Crippen LogP contribution in [0.1, 0.15) is 24.8 Å². The summed E-state index contributed by atoms with van der Waals surface area (Å²) in [6.45, 7) is 4.65. The Bertz CT molecular complexity index is 457. The van der Waals surface area contributed by atoms with Gasteiger partial charge in [0.2, 0.25) is 0 Å². The van der Waals surface area contributed by atoms with Crippen LogP contribution in [-0.2, 0) is 11.3 Å². The molecule has 2 aliphatic heterocycles. The van der Waals surface area contributed by atoms with Gasteiger partial charge in [0.25, 0.3) is 0 Å². The second kappa shape index (κ2) is 5.32. The fraction of sp³-hybridized carbons (Fsp3) is 0.688. The highest BCUT2D eigenvalue weighted by Gasteiger charge is 2.49. The molecule has 0 bridgehead atoms. The van der Waals surface area contributed by atoms with Crippen molar-refractivity contribution in [2.24, 2.45) is 5.92 Å². The van der Waals surface area contributed by atoms with Crippen LogP contribution < -0.4 is 0 Å². The van der Waals surface area contributed by atoms with Crippen molar-refractivity contribution in [3.05, 3.63) is 30.1 Å². The van der Waals surface area contributed by atoms with E-state index >= 15 is 0 Å². The molecule has 3 fully saturated rings. The molecule has 1 aromatic heterocycles. The summed E-state index contributed by atoms with van der Waals surface area (Å²) in [5, 5.41) is 0. The Kier molecular flexibility index (Phi) is 3.49. The van der Waals surface area contributed by atoms with Crippen molar-refractivity contribution in [2.75, 3.05) is 25.4 Å². The second-order valence-corrected chi connectivity index (χ2v) is 8.09. The van der Waals surface area contributed by atoms with Crippen LogP contribution >= 0.6 is 11.8 Å². The van der Waals surface area contributed by atoms with E-state index in [-0.39, 0.29) is 0 Å². The highest BCUT2D eigenvalue weighted by Crippen LogP contribution is 2.47. The molecule has 4 heteroatoms. The van der Waals surface area contributed by atoms with Gasteiger partial charge in [-0.3, -0.25) is 4.98 Å². The number of likely N-dealkylation sites (tertiary alicyclic amines) is 1. The molecule has 3 heterocycles. The third-order valence-corrected chi connectivity index (χ3v) is 6.20. The van der Waals surface area contributed by atoms with Gasteiger partial charge < -0.3 is 9.64 Å². The van der Waals surface area contributed by atoms with Gasteiger partial charge in [-0.1, -0.05) is 6.07 Å². The number of ether oxygens (including phenoxy) is 1. The molecule has 4 rings (SSSR count). The van der Waals surface area contributed by atoms with Gasteiger partial charge in [0, 0.05) is 42.5 Å². The maximum atomic E-state index is 6.07. The average molecular weight is 290 g/mol. The lowest BCUT2D eigenvalue weighted by atomic mass is 9.92. The van der Waals surface area contributed by atoms with Crippen molar-refractivity contribution in [1.82, 2.24) is 9.88 Å². The number of rotatable bonds is 5. The van der Waals surface area contributed by atoms with Crippen LogP contribution in [0.2, 0.25) is 0 Å². The first-order chi connectivity index (χ1) is 9.81. The summed E-state index contributed by atoms with van der Waals surface area (Å²) in [5.74, 6) is 2.19. The number of aromatic nitrogens is 1. The Hall–Kier alpha value is -0.580. The first-order valence-electron chi connectivity index (χ1n) is 7.68. The minimum absolute atomic E-state index is 0.434. The Labute approximate surface area is 125 Å². The predicted molar refractivity (Wildman–Crippen MR) is 81.8 cm³/mol. The van der Waals surface area contributed by atoms with E-state index in [1.54, 1.807) is 0 Å². The molecule has 1 saturated carbocycles. The minimum atomic E-state index is 0.434. The highest BCUT2D eigenvalue weighted by molar-refractivity contribution is 8.01. The van der Waals surface area contributed by atoms with Crippen LogP contribution in [0, 0.1) is 5.92 Å². The van der Waals surface area contributed by atoms with Crippen LogP contribution in [0.25, 0.3) is 0 Å². The second-order valence-electron chi connectivity index (χ2n) is 6.61. The van der Waals surface area contributed by atoms with Gasteiger partial charge in [-0.25, -0.2) is 0 Å². The predicted octanol–water partition coefficient (Wildman–Crippen LogP) is 2.57. The molecule has 1 spiro atoms. The lowest BCUT2D eigenvalue weighted by Gasteiger charge is -2.47. The van der Waals surface area contributed by atoms with E-state index in [1.165, 1.54) is 44.5 Å². The largest absolute Gasteiger partial charge is 0.373 e. The maximum Gasteiger partial charge on any atom is 0.0736 e. The number of thioether (sulfide) groups is 1. The van der Waals surface area contributed by atoms with Crippen LogP contribution in [0.5, 0.6) is 0 Å². The minimum Gasteiger partial charge on any atom is -0.373 e. The average Bonchev–Trinajstić information content (AvgIpc) is 3.15. The molecule has 0 amide bonds. The first-order valence-corrected chi connectivity index (χ1v) is 8.67. The summed E-state index contributed by atoms with van der Waals surface area (Å²) in [4.78, 5) is 6.78. The van der Waals surface area contributed by atoms with Crippen molar-refractivity contribution in [3.8, 4) is 0 Å². The van der Waals surface area contributed by atoms with Crippen molar-refractivity contribution in [3.63, 3.8) is 0 Å². The molecule has 3 aliphatic rings. The normalized spacial score (nSPS) is 28.7. The fourth-order valence-corrected chi connectivity index (χ4v) is 5.00. The third kappa shape index (κ3) is 2.87. The molecule has 3 nitrogen and oxygen atoms in total. The third-order valence-electron chi connectivity index (χ3n) is 4.62. The molecule has 1 aromatic rings. The van der Waals surface area contributed by atoms with Crippen molar-refractivity contribution in [1.29, 1.82) is 0 Å². The Morgan fingerprint density at radius 2 is 2.30 bits per heavy atom. The van der Waals surface area contributed by atoms with E-state index in [2.05, 4.69) is 27.7 Å². The summed E-state index contributed by atoms with van der Waals surface area (Å²) >= 11 is 2.14. The van der Waals surface area contributed by atoms with E-state index in [4.69, 9.17) is 4.74 Å². The van der Waals surface area contributed by atoms with Gasteiger partial charge in [-0.2, -0.15) is 0 Å². The molecule has 0 radical (unpaired) electrons. The summed E-state index contributed by atoms with van der Waals surface area (Å²) < 4.78 is 6.59. The Morgan fingerprint density at radius 1 is 1.40 bits per heavy atom. The van der Waals surface area contributed by atoms with E-state index in [1.807, 2.05) is 18.5 Å². The Morgan fingerprint density at radius 3 is 3.05 bits per heavy atom. The van der Waals surface area contributed by atoms with Crippen LogP contribution in [0.3, 0.4) is 0 Å². The lowest BCUT2D eigenvalue weighted by Crippen LogP contribution is -2.59. The number of nitrogens with zero attached hydrogens (tertiary/aromatic N) is 2. The molecule has 20 heavy (non-hydrogen) atoms. The molecule has 2 saturated heterocycles. The molecular formula is C16H22N2OS. The monoisotopic (exact) mass is 290 g/mol. The topological polar surface area (TPSA) is 25.4 Å². The highest BCUT2D eigenvalue weighted by atomic mass is 32.2. The SMILES string of the molecule is c1cncc(COC2CSC3(C2)CN(CC2CC2)C3)c1. The molecule has 1 atom stereocenters. The summed E-state index contributed by atoms with van der Waals surface area (Å²) in [6, 6.07) is 4.07.